The molecule has 0 bridgehead atoms. The molecule has 3 atom stereocenters. The van der Waals surface area contributed by atoms with Gasteiger partial charge in [0.25, 0.3) is 0 Å². The third-order valence-corrected chi connectivity index (χ3v) is 4.56. The molecule has 0 aliphatic carbocycles. The molecule has 2 fully saturated rings. The van der Waals surface area contributed by atoms with Gasteiger partial charge >= 0.3 is 6.09 Å². The van der Waals surface area contributed by atoms with Gasteiger partial charge in [0.05, 0.1) is 0 Å². The number of likely N-dealkylation sites (tertiary alicyclic amines) is 2. The van der Waals surface area contributed by atoms with Crippen LogP contribution in [0, 0.1) is 5.92 Å². The van der Waals surface area contributed by atoms with Crippen molar-refractivity contribution < 1.29 is 9.53 Å². The second-order valence-corrected chi connectivity index (χ2v) is 7.63. The van der Waals surface area contributed by atoms with Gasteiger partial charge < -0.3 is 15.4 Å². The molecular formula is C16H31N3O2. The second-order valence-electron chi connectivity index (χ2n) is 7.63. The average molecular weight is 297 g/mol. The first-order chi connectivity index (χ1) is 9.76. The number of nitrogens with two attached hydrogens (primary N) is 1. The van der Waals surface area contributed by atoms with Crippen molar-refractivity contribution in [1.82, 2.24) is 9.80 Å². The first-order valence-corrected chi connectivity index (χ1v) is 8.24. The summed E-state index contributed by atoms with van der Waals surface area (Å²) in [4.78, 5) is 16.5. The molecule has 0 radical (unpaired) electrons. The van der Waals surface area contributed by atoms with Crippen LogP contribution in [0.5, 0.6) is 0 Å². The van der Waals surface area contributed by atoms with Crippen molar-refractivity contribution in [3.8, 4) is 0 Å². The largest absolute Gasteiger partial charge is 0.444 e. The number of hydrogen-bond donors (Lipinski definition) is 1. The Bertz CT molecular complexity index is 365. The summed E-state index contributed by atoms with van der Waals surface area (Å²) in [5.41, 5.74) is 5.65. The van der Waals surface area contributed by atoms with Crippen LogP contribution in [0.1, 0.15) is 47.0 Å². The number of piperidine rings is 1. The van der Waals surface area contributed by atoms with E-state index in [1.54, 1.807) is 0 Å². The maximum atomic E-state index is 12.1. The zero-order valence-electron chi connectivity index (χ0n) is 14.0. The monoisotopic (exact) mass is 297 g/mol. The highest BCUT2D eigenvalue weighted by Crippen LogP contribution is 2.25. The van der Waals surface area contributed by atoms with Crippen LogP contribution in [-0.2, 0) is 4.74 Å². The molecule has 5 heteroatoms. The lowest BCUT2D eigenvalue weighted by molar-refractivity contribution is 0.0271. The number of rotatable bonds is 2. The predicted octanol–water partition coefficient (Wildman–Crippen LogP) is 2.05. The SMILES string of the molecule is CC(N)C1CCCN(C2CCN(C(=O)OC(C)(C)C)C2)C1. The van der Waals surface area contributed by atoms with E-state index in [0.29, 0.717) is 12.0 Å². The van der Waals surface area contributed by atoms with E-state index >= 15 is 0 Å². The summed E-state index contributed by atoms with van der Waals surface area (Å²) in [6.07, 6.45) is 3.32. The molecule has 122 valence electrons. The van der Waals surface area contributed by atoms with Gasteiger partial charge in [-0.05, 0) is 59.4 Å². The van der Waals surface area contributed by atoms with Crippen LogP contribution in [0.2, 0.25) is 0 Å². The highest BCUT2D eigenvalue weighted by molar-refractivity contribution is 5.68. The van der Waals surface area contributed by atoms with Crippen molar-refractivity contribution in [2.24, 2.45) is 11.7 Å². The number of carbonyl (C=O) groups is 1. The van der Waals surface area contributed by atoms with Crippen LogP contribution < -0.4 is 5.73 Å². The fourth-order valence-electron chi connectivity index (χ4n) is 3.33. The molecule has 0 aromatic rings. The predicted molar refractivity (Wildman–Crippen MR) is 84.2 cm³/mol. The van der Waals surface area contributed by atoms with Crippen LogP contribution in [0.3, 0.4) is 0 Å². The maximum Gasteiger partial charge on any atom is 0.410 e. The topological polar surface area (TPSA) is 58.8 Å². The van der Waals surface area contributed by atoms with E-state index in [0.717, 1.165) is 32.6 Å². The molecule has 2 N–H and O–H groups in total. The minimum Gasteiger partial charge on any atom is -0.444 e. The summed E-state index contributed by atoms with van der Waals surface area (Å²) < 4.78 is 5.47. The van der Waals surface area contributed by atoms with Gasteiger partial charge in [0.15, 0.2) is 0 Å². The standard InChI is InChI=1S/C16H31N3O2/c1-12(17)13-6-5-8-18(10-13)14-7-9-19(11-14)15(20)21-16(2,3)4/h12-14H,5-11,17H2,1-4H3. The van der Waals surface area contributed by atoms with E-state index in [2.05, 4.69) is 11.8 Å². The van der Waals surface area contributed by atoms with Gasteiger partial charge in [-0.15, -0.1) is 0 Å². The normalized spacial score (nSPS) is 29.5. The Morgan fingerprint density at radius 3 is 2.57 bits per heavy atom. The van der Waals surface area contributed by atoms with Gasteiger partial charge in [0, 0.05) is 31.7 Å². The lowest BCUT2D eigenvalue weighted by Gasteiger charge is -2.38. The maximum absolute atomic E-state index is 12.1. The van der Waals surface area contributed by atoms with Crippen molar-refractivity contribution >= 4 is 6.09 Å². The lowest BCUT2D eigenvalue weighted by atomic mass is 9.91. The first-order valence-electron chi connectivity index (χ1n) is 8.24. The van der Waals surface area contributed by atoms with Gasteiger partial charge in [-0.25, -0.2) is 4.79 Å². The van der Waals surface area contributed by atoms with E-state index in [4.69, 9.17) is 10.5 Å². The number of nitrogens with zero attached hydrogens (tertiary/aromatic N) is 2. The number of carbonyl (C=O) groups excluding carboxylic acids is 1. The van der Waals surface area contributed by atoms with Gasteiger partial charge in [0.1, 0.15) is 5.60 Å². The van der Waals surface area contributed by atoms with Crippen molar-refractivity contribution in [2.45, 2.75) is 64.6 Å². The summed E-state index contributed by atoms with van der Waals surface area (Å²) in [6, 6.07) is 0.732. The highest BCUT2D eigenvalue weighted by Gasteiger charge is 2.35. The Kier molecular flexibility index (Phi) is 5.15. The van der Waals surface area contributed by atoms with E-state index in [-0.39, 0.29) is 12.1 Å². The summed E-state index contributed by atoms with van der Waals surface area (Å²) in [6.45, 7) is 11.7. The van der Waals surface area contributed by atoms with Crippen molar-refractivity contribution in [2.75, 3.05) is 26.2 Å². The molecule has 0 spiro atoms. The molecule has 2 heterocycles. The van der Waals surface area contributed by atoms with Gasteiger partial charge in [-0.2, -0.15) is 0 Å². The molecule has 2 aliphatic heterocycles. The van der Waals surface area contributed by atoms with Crippen LogP contribution in [0.4, 0.5) is 4.79 Å². The van der Waals surface area contributed by atoms with Crippen LogP contribution in [-0.4, -0.2) is 59.8 Å². The molecule has 5 nitrogen and oxygen atoms in total. The number of ether oxygens (including phenoxy) is 1. The van der Waals surface area contributed by atoms with Gasteiger partial charge in [-0.1, -0.05) is 0 Å². The van der Waals surface area contributed by atoms with Crippen molar-refractivity contribution in [3.63, 3.8) is 0 Å². The highest BCUT2D eigenvalue weighted by atomic mass is 16.6. The fraction of sp³-hybridized carbons (Fsp3) is 0.938. The Morgan fingerprint density at radius 2 is 1.95 bits per heavy atom. The Labute approximate surface area is 128 Å². The summed E-state index contributed by atoms with van der Waals surface area (Å²) in [5.74, 6) is 0.592. The van der Waals surface area contributed by atoms with Crippen LogP contribution in [0.25, 0.3) is 0 Å². The Hall–Kier alpha value is -0.810. The zero-order valence-corrected chi connectivity index (χ0v) is 14.0. The Morgan fingerprint density at radius 1 is 1.24 bits per heavy atom. The molecule has 2 rings (SSSR count). The number of hydrogen-bond acceptors (Lipinski definition) is 4. The summed E-state index contributed by atoms with van der Waals surface area (Å²) >= 11 is 0. The van der Waals surface area contributed by atoms with Gasteiger partial charge in [-0.3, -0.25) is 4.90 Å². The van der Waals surface area contributed by atoms with Crippen molar-refractivity contribution in [1.29, 1.82) is 0 Å². The average Bonchev–Trinajstić information content (AvgIpc) is 2.86. The lowest BCUT2D eigenvalue weighted by Crippen LogP contribution is -2.48. The summed E-state index contributed by atoms with van der Waals surface area (Å²) in [7, 11) is 0. The second kappa shape index (κ2) is 6.53. The molecule has 3 unspecified atom stereocenters. The molecule has 1 amide bonds. The summed E-state index contributed by atoms with van der Waals surface area (Å²) in [5, 5.41) is 0. The molecule has 2 saturated heterocycles. The fourth-order valence-corrected chi connectivity index (χ4v) is 3.33. The molecule has 21 heavy (non-hydrogen) atoms. The van der Waals surface area contributed by atoms with Crippen molar-refractivity contribution in [3.05, 3.63) is 0 Å². The quantitative estimate of drug-likeness (QED) is 0.847. The molecule has 0 saturated carbocycles. The smallest absolute Gasteiger partial charge is 0.410 e. The van der Waals surface area contributed by atoms with Gasteiger partial charge in [0.2, 0.25) is 0 Å². The molecule has 0 aromatic heterocycles. The van der Waals surface area contributed by atoms with E-state index in [9.17, 15) is 4.79 Å². The number of amides is 1. The van der Waals surface area contributed by atoms with Crippen LogP contribution in [0.15, 0.2) is 0 Å². The minimum atomic E-state index is -0.416. The third kappa shape index (κ3) is 4.58. The zero-order chi connectivity index (χ0) is 15.6. The van der Waals surface area contributed by atoms with E-state index in [1.165, 1.54) is 12.8 Å². The first kappa shape index (κ1) is 16.6. The molecular weight excluding hydrogens is 266 g/mol. The van der Waals surface area contributed by atoms with Crippen LogP contribution >= 0.6 is 0 Å². The third-order valence-electron chi connectivity index (χ3n) is 4.56. The minimum absolute atomic E-state index is 0.175. The van der Waals surface area contributed by atoms with E-state index < -0.39 is 5.60 Å². The molecule has 2 aliphatic rings. The molecule has 0 aromatic carbocycles. The Balaban J connectivity index is 1.86. The van der Waals surface area contributed by atoms with E-state index in [1.807, 2.05) is 25.7 Å².